The Balaban J connectivity index is 1.84. The van der Waals surface area contributed by atoms with Crippen molar-refractivity contribution in [1.29, 1.82) is 5.26 Å². The van der Waals surface area contributed by atoms with E-state index in [-0.39, 0.29) is 12.6 Å². The molecule has 0 saturated carbocycles. The molecule has 0 spiro atoms. The summed E-state index contributed by atoms with van der Waals surface area (Å²) in [6.45, 7) is 4.21. The number of hydrogen-bond acceptors (Lipinski definition) is 7. The lowest BCUT2D eigenvalue weighted by atomic mass is 10.3. The number of hydrogen-bond donors (Lipinski definition) is 1. The average molecular weight is 302 g/mol. The van der Waals surface area contributed by atoms with Crippen molar-refractivity contribution < 1.29 is 9.53 Å². The molecule has 0 aromatic carbocycles. The van der Waals surface area contributed by atoms with Crippen LogP contribution in [-0.4, -0.2) is 29.1 Å². The van der Waals surface area contributed by atoms with Crippen molar-refractivity contribution in [1.82, 2.24) is 9.97 Å². The van der Waals surface area contributed by atoms with Gasteiger partial charge < -0.3 is 10.1 Å². The number of carbonyl (C=O) groups is 1. The predicted molar refractivity (Wildman–Crippen MR) is 79.3 cm³/mol. The van der Waals surface area contributed by atoms with Crippen molar-refractivity contribution >= 4 is 23.1 Å². The lowest BCUT2D eigenvalue weighted by Gasteiger charge is -2.07. The van der Waals surface area contributed by atoms with Crippen LogP contribution in [0.2, 0.25) is 0 Å². The second kappa shape index (κ2) is 6.81. The molecule has 7 heteroatoms. The monoisotopic (exact) mass is 302 g/mol. The quantitative estimate of drug-likeness (QED) is 0.673. The molecule has 0 bridgehead atoms. The Morgan fingerprint density at radius 1 is 1.52 bits per heavy atom. The lowest BCUT2D eigenvalue weighted by molar-refractivity contribution is 0.0525. The number of carbonyl (C=O) groups excluding carboxylic acids is 1. The Kier molecular flexibility index (Phi) is 4.85. The fourth-order valence-corrected chi connectivity index (χ4v) is 2.55. The number of ether oxygens (including phenoxy) is 1. The molecule has 0 atom stereocenters. The largest absolute Gasteiger partial charge is 0.460 e. The van der Waals surface area contributed by atoms with Gasteiger partial charge in [0.1, 0.15) is 23.4 Å². The van der Waals surface area contributed by atoms with E-state index in [1.807, 2.05) is 13.0 Å². The van der Waals surface area contributed by atoms with Crippen molar-refractivity contribution in [3.8, 4) is 6.07 Å². The molecule has 1 N–H and O–H groups in total. The number of nitriles is 1. The summed E-state index contributed by atoms with van der Waals surface area (Å²) in [6.07, 6.45) is 1.60. The van der Waals surface area contributed by atoms with Crippen molar-refractivity contribution in [3.63, 3.8) is 0 Å². The van der Waals surface area contributed by atoms with Crippen LogP contribution >= 0.6 is 11.3 Å². The summed E-state index contributed by atoms with van der Waals surface area (Å²) in [5.74, 6) is 0.113. The zero-order valence-corrected chi connectivity index (χ0v) is 12.5. The highest BCUT2D eigenvalue weighted by Crippen LogP contribution is 2.18. The molecule has 0 aliphatic heterocycles. The van der Waals surface area contributed by atoms with Gasteiger partial charge in [-0.2, -0.15) is 5.26 Å². The van der Waals surface area contributed by atoms with Gasteiger partial charge in [0.15, 0.2) is 0 Å². The molecule has 0 unspecified atom stereocenters. The van der Waals surface area contributed by atoms with Crippen LogP contribution in [0.4, 0.5) is 5.82 Å². The third-order valence-electron chi connectivity index (χ3n) is 2.64. The van der Waals surface area contributed by atoms with Crippen LogP contribution in [0.1, 0.15) is 25.9 Å². The minimum absolute atomic E-state index is 0.191. The molecule has 6 nitrogen and oxygen atoms in total. The molecule has 21 heavy (non-hydrogen) atoms. The van der Waals surface area contributed by atoms with E-state index in [4.69, 9.17) is 10.00 Å². The summed E-state index contributed by atoms with van der Waals surface area (Å²) in [4.78, 5) is 20.6. The number of aromatic nitrogens is 2. The minimum atomic E-state index is -0.374. The summed E-state index contributed by atoms with van der Waals surface area (Å²) < 4.78 is 5.18. The molecular weight excluding hydrogens is 288 g/mol. The first-order chi connectivity index (χ1) is 10.1. The van der Waals surface area contributed by atoms with Crippen LogP contribution < -0.4 is 5.32 Å². The maximum absolute atomic E-state index is 11.9. The molecule has 0 fully saturated rings. The summed E-state index contributed by atoms with van der Waals surface area (Å²) in [5.41, 5.74) is 1.14. The fourth-order valence-electron chi connectivity index (χ4n) is 1.74. The Labute approximate surface area is 126 Å². The van der Waals surface area contributed by atoms with Gasteiger partial charge in [-0.3, -0.25) is 0 Å². The SMILES string of the molecule is Cc1nc(C)c(C(=O)OCCNc2ncccc2C#N)s1. The lowest BCUT2D eigenvalue weighted by Crippen LogP contribution is -2.15. The number of esters is 1. The van der Waals surface area contributed by atoms with Gasteiger partial charge >= 0.3 is 5.97 Å². The van der Waals surface area contributed by atoms with Crippen LogP contribution in [0, 0.1) is 25.2 Å². The molecule has 0 aliphatic rings. The standard InChI is InChI=1S/C14H14N4O2S/c1-9-12(21-10(2)18-9)14(19)20-7-6-17-13-11(8-15)4-3-5-16-13/h3-5H,6-7H2,1-2H3,(H,16,17). The van der Waals surface area contributed by atoms with Gasteiger partial charge in [0.2, 0.25) is 0 Å². The Bertz CT molecular complexity index is 691. The van der Waals surface area contributed by atoms with Gasteiger partial charge in [0.25, 0.3) is 0 Å². The van der Waals surface area contributed by atoms with E-state index < -0.39 is 0 Å². The van der Waals surface area contributed by atoms with Gasteiger partial charge in [-0.15, -0.1) is 11.3 Å². The maximum atomic E-state index is 11.9. The van der Waals surface area contributed by atoms with Crippen LogP contribution in [0.5, 0.6) is 0 Å². The van der Waals surface area contributed by atoms with Crippen molar-refractivity contribution in [2.24, 2.45) is 0 Å². The highest BCUT2D eigenvalue weighted by Gasteiger charge is 2.14. The van der Waals surface area contributed by atoms with E-state index in [0.717, 1.165) is 5.01 Å². The van der Waals surface area contributed by atoms with Crippen LogP contribution in [0.25, 0.3) is 0 Å². The number of anilines is 1. The first-order valence-electron chi connectivity index (χ1n) is 6.32. The number of pyridine rings is 1. The molecular formula is C14H14N4O2S. The molecule has 0 saturated heterocycles. The highest BCUT2D eigenvalue weighted by atomic mass is 32.1. The Morgan fingerprint density at radius 2 is 2.33 bits per heavy atom. The van der Waals surface area contributed by atoms with Crippen molar-refractivity contribution in [2.45, 2.75) is 13.8 Å². The van der Waals surface area contributed by atoms with E-state index in [1.54, 1.807) is 25.3 Å². The van der Waals surface area contributed by atoms with Crippen molar-refractivity contribution in [2.75, 3.05) is 18.5 Å². The zero-order chi connectivity index (χ0) is 15.2. The molecule has 2 aromatic rings. The number of aryl methyl sites for hydroxylation is 2. The zero-order valence-electron chi connectivity index (χ0n) is 11.7. The van der Waals surface area contributed by atoms with Crippen molar-refractivity contribution in [3.05, 3.63) is 39.5 Å². The molecule has 0 amide bonds. The molecule has 2 rings (SSSR count). The molecule has 2 heterocycles. The number of thiazole rings is 1. The Hall–Kier alpha value is -2.46. The Morgan fingerprint density at radius 3 is 3.00 bits per heavy atom. The number of nitrogens with one attached hydrogen (secondary N) is 1. The molecule has 108 valence electrons. The normalized spacial score (nSPS) is 9.95. The van der Waals surface area contributed by atoms with Gasteiger partial charge in [0.05, 0.1) is 22.8 Å². The van der Waals surface area contributed by atoms with Crippen LogP contribution in [-0.2, 0) is 4.74 Å². The summed E-state index contributed by atoms with van der Waals surface area (Å²) in [6, 6.07) is 5.41. The topological polar surface area (TPSA) is 87.9 Å². The maximum Gasteiger partial charge on any atom is 0.350 e. The second-order valence-electron chi connectivity index (χ2n) is 4.22. The van der Waals surface area contributed by atoms with Crippen LogP contribution in [0.15, 0.2) is 18.3 Å². The van der Waals surface area contributed by atoms with E-state index in [2.05, 4.69) is 15.3 Å². The van der Waals surface area contributed by atoms with E-state index in [9.17, 15) is 4.79 Å². The minimum Gasteiger partial charge on any atom is -0.460 e. The predicted octanol–water partition coefficient (Wildman–Crippen LogP) is 2.30. The van der Waals surface area contributed by atoms with E-state index in [1.165, 1.54) is 11.3 Å². The van der Waals surface area contributed by atoms with Crippen LogP contribution in [0.3, 0.4) is 0 Å². The third kappa shape index (κ3) is 3.77. The number of rotatable bonds is 5. The van der Waals surface area contributed by atoms with E-state index in [0.29, 0.717) is 28.5 Å². The summed E-state index contributed by atoms with van der Waals surface area (Å²) in [5, 5.41) is 12.7. The van der Waals surface area contributed by atoms with E-state index >= 15 is 0 Å². The fraction of sp³-hybridized carbons (Fsp3) is 0.286. The third-order valence-corrected chi connectivity index (χ3v) is 3.70. The summed E-state index contributed by atoms with van der Waals surface area (Å²) in [7, 11) is 0. The second-order valence-corrected chi connectivity index (χ2v) is 5.42. The smallest absolute Gasteiger partial charge is 0.350 e. The number of nitrogens with zero attached hydrogens (tertiary/aromatic N) is 3. The van der Waals surface area contributed by atoms with Gasteiger partial charge in [-0.1, -0.05) is 0 Å². The summed E-state index contributed by atoms with van der Waals surface area (Å²) >= 11 is 1.32. The highest BCUT2D eigenvalue weighted by molar-refractivity contribution is 7.13. The van der Waals surface area contributed by atoms with Gasteiger partial charge in [-0.25, -0.2) is 14.8 Å². The molecule has 0 radical (unpaired) electrons. The van der Waals surface area contributed by atoms with Gasteiger partial charge in [-0.05, 0) is 26.0 Å². The molecule has 0 aliphatic carbocycles. The first kappa shape index (κ1) is 14.9. The average Bonchev–Trinajstić information content (AvgIpc) is 2.82. The first-order valence-corrected chi connectivity index (χ1v) is 7.13. The van der Waals surface area contributed by atoms with Gasteiger partial charge in [0, 0.05) is 6.20 Å². The molecule has 2 aromatic heterocycles.